The van der Waals surface area contributed by atoms with Crippen molar-refractivity contribution in [2.75, 3.05) is 24.2 Å². The van der Waals surface area contributed by atoms with E-state index in [1.807, 2.05) is 0 Å². The molecular weight excluding hydrogens is 443 g/mol. The van der Waals surface area contributed by atoms with E-state index in [4.69, 9.17) is 0 Å². The number of hydrogen-bond acceptors (Lipinski definition) is 5. The van der Waals surface area contributed by atoms with Crippen molar-refractivity contribution in [1.29, 1.82) is 0 Å². The lowest BCUT2D eigenvalue weighted by molar-refractivity contribution is -0.120. The number of hydrogen-bond donors (Lipinski definition) is 1. The van der Waals surface area contributed by atoms with Gasteiger partial charge < -0.3 is 5.32 Å². The first-order valence-corrected chi connectivity index (χ1v) is 13.1. The Hall–Kier alpha value is -2.30. The summed E-state index contributed by atoms with van der Waals surface area (Å²) in [6.45, 7) is 2.12. The van der Waals surface area contributed by atoms with E-state index >= 15 is 0 Å². The van der Waals surface area contributed by atoms with Crippen molar-refractivity contribution >= 4 is 31.5 Å². The number of carbonyl (C=O) groups excluding carboxylic acids is 1. The maximum Gasteiger partial charge on any atom is 0.243 e. The van der Waals surface area contributed by atoms with Crippen molar-refractivity contribution in [3.05, 3.63) is 54.3 Å². The number of sulfonamides is 1. The highest BCUT2D eigenvalue weighted by molar-refractivity contribution is 7.91. The first kappa shape index (κ1) is 23.4. The molecule has 0 saturated carbocycles. The molecule has 1 amide bonds. The zero-order chi connectivity index (χ0) is 22.6. The van der Waals surface area contributed by atoms with Crippen molar-refractivity contribution in [2.24, 2.45) is 5.92 Å². The fraction of sp³-hybridized carbons (Fsp3) is 0.381. The lowest BCUT2D eigenvalue weighted by Crippen LogP contribution is -2.41. The van der Waals surface area contributed by atoms with Crippen LogP contribution in [-0.2, 0) is 24.7 Å². The van der Waals surface area contributed by atoms with Gasteiger partial charge in [0.25, 0.3) is 0 Å². The Morgan fingerprint density at radius 2 is 1.52 bits per heavy atom. The predicted molar refractivity (Wildman–Crippen MR) is 115 cm³/mol. The van der Waals surface area contributed by atoms with Crippen LogP contribution in [0, 0.1) is 11.7 Å². The molecular formula is C21H25FN2O5S2. The van der Waals surface area contributed by atoms with E-state index in [0.29, 0.717) is 24.9 Å². The number of piperidine rings is 1. The lowest BCUT2D eigenvalue weighted by Gasteiger charge is -2.30. The number of nitrogens with one attached hydrogen (secondary N) is 1. The van der Waals surface area contributed by atoms with E-state index in [1.165, 1.54) is 52.8 Å². The zero-order valence-electron chi connectivity index (χ0n) is 17.1. The van der Waals surface area contributed by atoms with Crippen LogP contribution in [0.3, 0.4) is 0 Å². The second-order valence-electron chi connectivity index (χ2n) is 7.46. The summed E-state index contributed by atoms with van der Waals surface area (Å²) >= 11 is 0. The Balaban J connectivity index is 1.63. The number of anilines is 1. The average molecular weight is 469 g/mol. The van der Waals surface area contributed by atoms with Crippen LogP contribution in [0.4, 0.5) is 10.1 Å². The minimum Gasteiger partial charge on any atom is -0.326 e. The van der Waals surface area contributed by atoms with Gasteiger partial charge in [-0.15, -0.1) is 0 Å². The highest BCUT2D eigenvalue weighted by Gasteiger charge is 2.32. The minimum absolute atomic E-state index is 0.00654. The summed E-state index contributed by atoms with van der Waals surface area (Å²) in [5.74, 6) is -0.966. The Kier molecular flexibility index (Phi) is 7.13. The van der Waals surface area contributed by atoms with Gasteiger partial charge in [-0.3, -0.25) is 4.79 Å². The molecule has 0 aliphatic carbocycles. The zero-order valence-corrected chi connectivity index (χ0v) is 18.8. The number of rotatable bonds is 7. The molecule has 168 valence electrons. The minimum atomic E-state index is -3.78. The lowest BCUT2D eigenvalue weighted by atomic mass is 9.97. The van der Waals surface area contributed by atoms with Crippen LogP contribution in [0.1, 0.15) is 26.2 Å². The summed E-state index contributed by atoms with van der Waals surface area (Å²) in [5, 5.41) is 2.72. The van der Waals surface area contributed by atoms with Crippen LogP contribution in [0.15, 0.2) is 58.3 Å². The summed E-state index contributed by atoms with van der Waals surface area (Å²) in [4.78, 5) is 12.6. The van der Waals surface area contributed by atoms with Crippen LogP contribution < -0.4 is 5.32 Å². The molecule has 0 radical (unpaired) electrons. The highest BCUT2D eigenvalue weighted by Crippen LogP contribution is 2.26. The van der Waals surface area contributed by atoms with Gasteiger partial charge in [0.1, 0.15) is 5.82 Å². The molecule has 1 N–H and O–H groups in total. The number of carbonyl (C=O) groups is 1. The molecule has 1 aliphatic rings. The average Bonchev–Trinajstić information content (AvgIpc) is 2.75. The number of sulfone groups is 1. The monoisotopic (exact) mass is 468 g/mol. The Labute approximate surface area is 182 Å². The molecule has 2 aromatic rings. The molecule has 3 rings (SSSR count). The molecule has 0 atom stereocenters. The van der Waals surface area contributed by atoms with E-state index in [-0.39, 0.29) is 40.5 Å². The van der Waals surface area contributed by atoms with Crippen LogP contribution in [0.25, 0.3) is 0 Å². The fourth-order valence-electron chi connectivity index (χ4n) is 3.49. The van der Waals surface area contributed by atoms with Gasteiger partial charge in [0.05, 0.1) is 15.5 Å². The molecule has 1 heterocycles. The van der Waals surface area contributed by atoms with Gasteiger partial charge in [0.2, 0.25) is 15.9 Å². The van der Waals surface area contributed by atoms with Crippen LogP contribution in [0.2, 0.25) is 0 Å². The summed E-state index contributed by atoms with van der Waals surface area (Å²) < 4.78 is 64.4. The largest absolute Gasteiger partial charge is 0.326 e. The van der Waals surface area contributed by atoms with Crippen molar-refractivity contribution in [3.8, 4) is 0 Å². The van der Waals surface area contributed by atoms with Crippen LogP contribution in [-0.4, -0.2) is 45.9 Å². The van der Waals surface area contributed by atoms with Crippen molar-refractivity contribution in [1.82, 2.24) is 4.31 Å². The van der Waals surface area contributed by atoms with Gasteiger partial charge in [-0.1, -0.05) is 6.92 Å². The molecule has 2 aromatic carbocycles. The molecule has 0 unspecified atom stereocenters. The summed E-state index contributed by atoms with van der Waals surface area (Å²) in [5.41, 5.74) is 0.486. The molecule has 0 bridgehead atoms. The number of benzene rings is 2. The van der Waals surface area contributed by atoms with E-state index in [9.17, 15) is 26.0 Å². The molecule has 7 nitrogen and oxygen atoms in total. The molecule has 31 heavy (non-hydrogen) atoms. The second kappa shape index (κ2) is 9.46. The normalized spacial score (nSPS) is 16.2. The summed E-state index contributed by atoms with van der Waals surface area (Å²) in [7, 11) is -7.20. The maximum absolute atomic E-state index is 13.0. The highest BCUT2D eigenvalue weighted by atomic mass is 32.2. The number of amides is 1. The first-order valence-electron chi connectivity index (χ1n) is 10.0. The van der Waals surface area contributed by atoms with E-state index < -0.39 is 25.7 Å². The van der Waals surface area contributed by atoms with E-state index in [1.54, 1.807) is 6.92 Å². The smallest absolute Gasteiger partial charge is 0.243 e. The Bertz CT molecular complexity index is 1120. The van der Waals surface area contributed by atoms with E-state index in [0.717, 1.165) is 0 Å². The number of halogens is 1. The Morgan fingerprint density at radius 3 is 2.06 bits per heavy atom. The molecule has 1 aliphatic heterocycles. The van der Waals surface area contributed by atoms with Gasteiger partial charge in [-0.05, 0) is 67.8 Å². The van der Waals surface area contributed by atoms with Gasteiger partial charge in [-0.25, -0.2) is 21.2 Å². The summed E-state index contributed by atoms with van der Waals surface area (Å²) in [6.07, 6.45) is 1.19. The SMILES string of the molecule is CCCS(=O)(=O)c1ccc(S(=O)(=O)N2CCC(C(=O)Nc3ccc(F)cc3)CC2)cc1. The van der Waals surface area contributed by atoms with Crippen molar-refractivity contribution in [2.45, 2.75) is 36.0 Å². The molecule has 0 spiro atoms. The van der Waals surface area contributed by atoms with Gasteiger partial charge in [0, 0.05) is 24.7 Å². The van der Waals surface area contributed by atoms with Crippen LogP contribution in [0.5, 0.6) is 0 Å². The fourth-order valence-corrected chi connectivity index (χ4v) is 6.28. The molecule has 1 saturated heterocycles. The molecule has 0 aromatic heterocycles. The molecule has 10 heteroatoms. The van der Waals surface area contributed by atoms with Gasteiger partial charge >= 0.3 is 0 Å². The van der Waals surface area contributed by atoms with Crippen molar-refractivity contribution < 1.29 is 26.0 Å². The quantitative estimate of drug-likeness (QED) is 0.673. The van der Waals surface area contributed by atoms with E-state index in [2.05, 4.69) is 5.32 Å². The molecule has 1 fully saturated rings. The Morgan fingerprint density at radius 1 is 0.968 bits per heavy atom. The van der Waals surface area contributed by atoms with Gasteiger partial charge in [0.15, 0.2) is 9.84 Å². The number of nitrogens with zero attached hydrogens (tertiary/aromatic N) is 1. The topological polar surface area (TPSA) is 101 Å². The third-order valence-electron chi connectivity index (χ3n) is 5.23. The third kappa shape index (κ3) is 5.50. The maximum atomic E-state index is 13.0. The summed E-state index contributed by atoms with van der Waals surface area (Å²) in [6, 6.07) is 10.7. The van der Waals surface area contributed by atoms with Gasteiger partial charge in [-0.2, -0.15) is 4.31 Å². The van der Waals surface area contributed by atoms with Crippen LogP contribution >= 0.6 is 0 Å². The standard InChI is InChI=1S/C21H25FN2O5S2/c1-2-15-30(26,27)19-7-9-20(10-8-19)31(28,29)24-13-11-16(12-14-24)21(25)23-18-5-3-17(22)4-6-18/h3-10,16H,2,11-15H2,1H3,(H,23,25). The second-order valence-corrected chi connectivity index (χ2v) is 11.5. The first-order chi connectivity index (χ1) is 14.6. The van der Waals surface area contributed by atoms with Crippen molar-refractivity contribution in [3.63, 3.8) is 0 Å². The third-order valence-corrected chi connectivity index (χ3v) is 9.08. The predicted octanol–water partition coefficient (Wildman–Crippen LogP) is 3.05.